The predicted molar refractivity (Wildman–Crippen MR) is 102 cm³/mol. The van der Waals surface area contributed by atoms with Gasteiger partial charge in [0, 0.05) is 20.0 Å². The summed E-state index contributed by atoms with van der Waals surface area (Å²) in [5.41, 5.74) is 1.73. The zero-order chi connectivity index (χ0) is 18.9. The monoisotopic (exact) mass is 354 g/mol. The van der Waals surface area contributed by atoms with Gasteiger partial charge >= 0.3 is 0 Å². The summed E-state index contributed by atoms with van der Waals surface area (Å²) in [5.74, 6) is 0.437. The minimum absolute atomic E-state index is 0.152. The second-order valence-corrected chi connectivity index (χ2v) is 6.10. The van der Waals surface area contributed by atoms with E-state index in [9.17, 15) is 9.59 Å². The number of benzene rings is 2. The van der Waals surface area contributed by atoms with Gasteiger partial charge in [-0.25, -0.2) is 0 Å². The number of amides is 2. The molecular weight excluding hydrogens is 328 g/mol. The van der Waals surface area contributed by atoms with Crippen LogP contribution in [0.15, 0.2) is 54.6 Å². The molecule has 138 valence electrons. The molecule has 0 saturated carbocycles. The molecule has 2 aromatic carbocycles. The molecule has 2 aromatic rings. The van der Waals surface area contributed by atoms with Crippen LogP contribution in [0.3, 0.4) is 0 Å². The Morgan fingerprint density at radius 2 is 1.73 bits per heavy atom. The lowest BCUT2D eigenvalue weighted by atomic mass is 10.0. The molecule has 5 heteroatoms. The molecule has 2 rings (SSSR count). The standard InChI is InChI=1S/C21H26N2O3/c1-4-14-22-21(25)20(18-8-6-5-7-9-18)23(16(2)24)15-17-10-12-19(26-3)13-11-17/h5-13,20H,4,14-15H2,1-3H3,(H,22,25)/t20-/m0/s1. The third-order valence-corrected chi connectivity index (χ3v) is 4.14. The smallest absolute Gasteiger partial charge is 0.247 e. The van der Waals surface area contributed by atoms with Crippen molar-refractivity contribution in [3.8, 4) is 5.75 Å². The Morgan fingerprint density at radius 1 is 1.08 bits per heavy atom. The van der Waals surface area contributed by atoms with E-state index in [-0.39, 0.29) is 11.8 Å². The maximum Gasteiger partial charge on any atom is 0.247 e. The van der Waals surface area contributed by atoms with Gasteiger partial charge in [-0.05, 0) is 29.7 Å². The van der Waals surface area contributed by atoms with Gasteiger partial charge in [0.25, 0.3) is 0 Å². The van der Waals surface area contributed by atoms with Gasteiger partial charge in [0.05, 0.1) is 7.11 Å². The van der Waals surface area contributed by atoms with Gasteiger partial charge in [-0.2, -0.15) is 0 Å². The Bertz CT molecular complexity index is 714. The summed E-state index contributed by atoms with van der Waals surface area (Å²) in [4.78, 5) is 26.8. The molecule has 5 nitrogen and oxygen atoms in total. The first-order valence-electron chi connectivity index (χ1n) is 8.79. The van der Waals surface area contributed by atoms with Crippen molar-refractivity contribution < 1.29 is 14.3 Å². The molecular formula is C21H26N2O3. The van der Waals surface area contributed by atoms with Crippen LogP contribution in [0.1, 0.15) is 37.4 Å². The number of rotatable bonds is 8. The summed E-state index contributed by atoms with van der Waals surface area (Å²) >= 11 is 0. The van der Waals surface area contributed by atoms with E-state index in [1.165, 1.54) is 6.92 Å². The molecule has 1 atom stereocenters. The van der Waals surface area contributed by atoms with E-state index in [4.69, 9.17) is 4.74 Å². The summed E-state index contributed by atoms with van der Waals surface area (Å²) in [6, 6.07) is 16.2. The highest BCUT2D eigenvalue weighted by Gasteiger charge is 2.29. The van der Waals surface area contributed by atoms with E-state index in [1.807, 2.05) is 61.5 Å². The molecule has 0 aliphatic heterocycles. The first-order chi connectivity index (χ1) is 12.6. The number of carbonyl (C=O) groups is 2. The second-order valence-electron chi connectivity index (χ2n) is 6.10. The summed E-state index contributed by atoms with van der Waals surface area (Å²) in [7, 11) is 1.61. The zero-order valence-corrected chi connectivity index (χ0v) is 15.6. The Kier molecular flexibility index (Phi) is 7.21. The molecule has 0 spiro atoms. The molecule has 0 aliphatic carbocycles. The molecule has 0 aromatic heterocycles. The van der Waals surface area contributed by atoms with Crippen molar-refractivity contribution in [2.24, 2.45) is 0 Å². The molecule has 26 heavy (non-hydrogen) atoms. The lowest BCUT2D eigenvalue weighted by molar-refractivity contribution is -0.140. The van der Waals surface area contributed by atoms with Crippen LogP contribution in [-0.4, -0.2) is 30.4 Å². The van der Waals surface area contributed by atoms with Gasteiger partial charge in [0.2, 0.25) is 11.8 Å². The van der Waals surface area contributed by atoms with E-state index >= 15 is 0 Å². The molecule has 0 unspecified atom stereocenters. The van der Waals surface area contributed by atoms with E-state index in [0.29, 0.717) is 13.1 Å². The summed E-state index contributed by atoms with van der Waals surface area (Å²) in [6.45, 7) is 4.42. The third kappa shape index (κ3) is 5.09. The fraction of sp³-hybridized carbons (Fsp3) is 0.333. The highest BCUT2D eigenvalue weighted by atomic mass is 16.5. The normalized spacial score (nSPS) is 11.5. The van der Waals surface area contributed by atoms with Gasteiger partial charge in [-0.3, -0.25) is 9.59 Å². The molecule has 0 aliphatic rings. The van der Waals surface area contributed by atoms with Gasteiger partial charge in [-0.15, -0.1) is 0 Å². The van der Waals surface area contributed by atoms with Gasteiger partial charge in [0.1, 0.15) is 11.8 Å². The van der Waals surface area contributed by atoms with Crippen molar-refractivity contribution in [3.63, 3.8) is 0 Å². The van der Waals surface area contributed by atoms with Crippen LogP contribution in [0.5, 0.6) is 5.75 Å². The number of nitrogens with zero attached hydrogens (tertiary/aromatic N) is 1. The van der Waals surface area contributed by atoms with Crippen molar-refractivity contribution in [2.75, 3.05) is 13.7 Å². The van der Waals surface area contributed by atoms with Crippen LogP contribution in [-0.2, 0) is 16.1 Å². The first kappa shape index (κ1) is 19.5. The Labute approximate surface area is 155 Å². The molecule has 0 fully saturated rings. The first-order valence-corrected chi connectivity index (χ1v) is 8.79. The van der Waals surface area contributed by atoms with Crippen LogP contribution in [0.4, 0.5) is 0 Å². The topological polar surface area (TPSA) is 58.6 Å². The molecule has 0 saturated heterocycles. The molecule has 1 N–H and O–H groups in total. The lowest BCUT2D eigenvalue weighted by Gasteiger charge is -2.30. The third-order valence-electron chi connectivity index (χ3n) is 4.14. The quantitative estimate of drug-likeness (QED) is 0.791. The van der Waals surface area contributed by atoms with Gasteiger partial charge < -0.3 is 15.0 Å². The van der Waals surface area contributed by atoms with E-state index in [1.54, 1.807) is 12.0 Å². The van der Waals surface area contributed by atoms with Crippen LogP contribution in [0.25, 0.3) is 0 Å². The van der Waals surface area contributed by atoms with E-state index < -0.39 is 6.04 Å². The number of hydrogen-bond donors (Lipinski definition) is 1. The van der Waals surface area contributed by atoms with Crippen LogP contribution >= 0.6 is 0 Å². The molecule has 2 amide bonds. The van der Waals surface area contributed by atoms with E-state index in [0.717, 1.165) is 23.3 Å². The minimum Gasteiger partial charge on any atom is -0.497 e. The fourth-order valence-electron chi connectivity index (χ4n) is 2.77. The molecule has 0 heterocycles. The fourth-order valence-corrected chi connectivity index (χ4v) is 2.77. The SMILES string of the molecule is CCCNC(=O)[C@H](c1ccccc1)N(Cc1ccc(OC)cc1)C(C)=O. The average molecular weight is 354 g/mol. The van der Waals surface area contributed by atoms with Crippen molar-refractivity contribution >= 4 is 11.8 Å². The van der Waals surface area contributed by atoms with Gasteiger partial charge in [0.15, 0.2) is 0 Å². The second kappa shape index (κ2) is 9.61. The van der Waals surface area contributed by atoms with Crippen molar-refractivity contribution in [1.29, 1.82) is 0 Å². The van der Waals surface area contributed by atoms with E-state index in [2.05, 4.69) is 5.32 Å². The number of nitrogens with one attached hydrogen (secondary N) is 1. The average Bonchev–Trinajstić information content (AvgIpc) is 2.67. The van der Waals surface area contributed by atoms with Crippen molar-refractivity contribution in [2.45, 2.75) is 32.9 Å². The Hall–Kier alpha value is -2.82. The number of carbonyl (C=O) groups excluding carboxylic acids is 2. The van der Waals surface area contributed by atoms with Crippen molar-refractivity contribution in [3.05, 3.63) is 65.7 Å². The van der Waals surface area contributed by atoms with Crippen LogP contribution in [0, 0.1) is 0 Å². The molecule has 0 radical (unpaired) electrons. The Balaban J connectivity index is 2.32. The predicted octanol–water partition coefficient (Wildman–Crippen LogP) is 3.31. The summed E-state index contributed by atoms with van der Waals surface area (Å²) < 4.78 is 5.18. The zero-order valence-electron chi connectivity index (χ0n) is 15.6. The van der Waals surface area contributed by atoms with Crippen LogP contribution in [0.2, 0.25) is 0 Å². The Morgan fingerprint density at radius 3 is 2.27 bits per heavy atom. The number of hydrogen-bond acceptors (Lipinski definition) is 3. The largest absolute Gasteiger partial charge is 0.497 e. The lowest BCUT2D eigenvalue weighted by Crippen LogP contribution is -2.42. The summed E-state index contributed by atoms with van der Waals surface area (Å²) in [6.07, 6.45) is 0.839. The highest BCUT2D eigenvalue weighted by Crippen LogP contribution is 2.24. The maximum atomic E-state index is 12.8. The van der Waals surface area contributed by atoms with Gasteiger partial charge in [-0.1, -0.05) is 49.4 Å². The number of methoxy groups -OCH3 is 1. The minimum atomic E-state index is -0.664. The highest BCUT2D eigenvalue weighted by molar-refractivity contribution is 5.88. The van der Waals surface area contributed by atoms with Crippen LogP contribution < -0.4 is 10.1 Å². The van der Waals surface area contributed by atoms with Crippen molar-refractivity contribution in [1.82, 2.24) is 10.2 Å². The number of ether oxygens (including phenoxy) is 1. The maximum absolute atomic E-state index is 12.8. The molecule has 0 bridgehead atoms. The summed E-state index contributed by atoms with van der Waals surface area (Å²) in [5, 5.41) is 2.92.